The van der Waals surface area contributed by atoms with Gasteiger partial charge in [0, 0.05) is 12.5 Å². The minimum Gasteiger partial charge on any atom is -0.317 e. The number of nitrogens with zero attached hydrogens (tertiary/aromatic N) is 1. The highest BCUT2D eigenvalue weighted by Gasteiger charge is 2.42. The SMILES string of the molecule is O=C(CC1CC2CCC1C2)C1CCCN1C1CCNCC1. The first-order valence-electron chi connectivity index (χ1n) is 9.30. The summed E-state index contributed by atoms with van der Waals surface area (Å²) in [6.45, 7) is 3.43. The van der Waals surface area contributed by atoms with E-state index in [9.17, 15) is 4.79 Å². The van der Waals surface area contributed by atoms with Crippen molar-refractivity contribution >= 4 is 5.78 Å². The van der Waals surface area contributed by atoms with E-state index >= 15 is 0 Å². The summed E-state index contributed by atoms with van der Waals surface area (Å²) in [6, 6.07) is 0.940. The third kappa shape index (κ3) is 2.79. The van der Waals surface area contributed by atoms with Gasteiger partial charge in [-0.1, -0.05) is 6.42 Å². The van der Waals surface area contributed by atoms with E-state index in [0.29, 0.717) is 11.8 Å². The summed E-state index contributed by atoms with van der Waals surface area (Å²) in [6.07, 6.45) is 11.4. The maximum atomic E-state index is 12.9. The Labute approximate surface area is 128 Å². The summed E-state index contributed by atoms with van der Waals surface area (Å²) in [5.74, 6) is 3.19. The van der Waals surface area contributed by atoms with Crippen molar-refractivity contribution in [2.75, 3.05) is 19.6 Å². The lowest BCUT2D eigenvalue weighted by Gasteiger charge is -2.35. The van der Waals surface area contributed by atoms with E-state index in [1.165, 1.54) is 44.9 Å². The van der Waals surface area contributed by atoms with Gasteiger partial charge in [-0.3, -0.25) is 9.69 Å². The normalized spacial score (nSPS) is 41.0. The summed E-state index contributed by atoms with van der Waals surface area (Å²) in [7, 11) is 0. The topological polar surface area (TPSA) is 32.3 Å². The number of fused-ring (bicyclic) bond motifs is 2. The van der Waals surface area contributed by atoms with E-state index < -0.39 is 0 Å². The minimum absolute atomic E-state index is 0.271. The molecule has 0 aromatic heterocycles. The first-order chi connectivity index (χ1) is 10.3. The van der Waals surface area contributed by atoms with Crippen molar-refractivity contribution in [3.8, 4) is 0 Å². The number of hydrogen-bond acceptors (Lipinski definition) is 3. The number of carbonyl (C=O) groups excluding carboxylic acids is 1. The van der Waals surface area contributed by atoms with Gasteiger partial charge in [0.05, 0.1) is 6.04 Å². The van der Waals surface area contributed by atoms with Crippen molar-refractivity contribution in [1.29, 1.82) is 0 Å². The highest BCUT2D eigenvalue weighted by atomic mass is 16.1. The van der Waals surface area contributed by atoms with Crippen molar-refractivity contribution in [3.63, 3.8) is 0 Å². The van der Waals surface area contributed by atoms with Gasteiger partial charge in [-0.2, -0.15) is 0 Å². The van der Waals surface area contributed by atoms with E-state index in [1.54, 1.807) is 0 Å². The van der Waals surface area contributed by atoms with Crippen LogP contribution in [0.3, 0.4) is 0 Å². The molecule has 3 heteroatoms. The summed E-state index contributed by atoms with van der Waals surface area (Å²) in [5.41, 5.74) is 0. The number of piperidine rings is 1. The molecule has 4 atom stereocenters. The van der Waals surface area contributed by atoms with Gasteiger partial charge in [0.25, 0.3) is 0 Å². The van der Waals surface area contributed by atoms with E-state index in [0.717, 1.165) is 50.2 Å². The number of rotatable bonds is 4. The van der Waals surface area contributed by atoms with Crippen LogP contribution in [0, 0.1) is 17.8 Å². The van der Waals surface area contributed by atoms with Crippen LogP contribution in [0.15, 0.2) is 0 Å². The second-order valence-electron chi connectivity index (χ2n) is 7.98. The fourth-order valence-corrected chi connectivity index (χ4v) is 5.73. The smallest absolute Gasteiger partial charge is 0.150 e. The Kier molecular flexibility index (Phi) is 4.06. The lowest BCUT2D eigenvalue weighted by molar-refractivity contribution is -0.125. The molecular weight excluding hydrogens is 260 g/mol. The number of carbonyl (C=O) groups is 1. The van der Waals surface area contributed by atoms with Crippen LogP contribution in [0.5, 0.6) is 0 Å². The lowest BCUT2D eigenvalue weighted by Crippen LogP contribution is -2.48. The highest BCUT2D eigenvalue weighted by Crippen LogP contribution is 2.49. The van der Waals surface area contributed by atoms with E-state index in [4.69, 9.17) is 0 Å². The third-order valence-corrected chi connectivity index (χ3v) is 6.79. The van der Waals surface area contributed by atoms with Gasteiger partial charge in [-0.25, -0.2) is 0 Å². The molecule has 1 N–H and O–H groups in total. The second-order valence-corrected chi connectivity index (χ2v) is 7.98. The molecule has 2 saturated heterocycles. The van der Waals surface area contributed by atoms with Gasteiger partial charge in [0.1, 0.15) is 5.78 Å². The predicted molar refractivity (Wildman–Crippen MR) is 84.2 cm³/mol. The Balaban J connectivity index is 1.36. The Morgan fingerprint density at radius 2 is 1.90 bits per heavy atom. The van der Waals surface area contributed by atoms with Gasteiger partial charge in [-0.15, -0.1) is 0 Å². The van der Waals surface area contributed by atoms with Crippen molar-refractivity contribution in [2.24, 2.45) is 17.8 Å². The maximum absolute atomic E-state index is 12.9. The van der Waals surface area contributed by atoms with Crippen LogP contribution in [-0.2, 0) is 4.79 Å². The molecule has 4 fully saturated rings. The van der Waals surface area contributed by atoms with Crippen molar-refractivity contribution in [2.45, 2.75) is 69.9 Å². The molecule has 2 aliphatic carbocycles. The standard InChI is InChI=1S/C18H30N2O/c21-18(12-15-11-13-3-4-14(15)10-13)17-2-1-9-20(17)16-5-7-19-8-6-16/h13-17,19H,1-12H2. The molecule has 4 unspecified atom stereocenters. The van der Waals surface area contributed by atoms with Crippen LogP contribution in [0.25, 0.3) is 0 Å². The molecule has 0 radical (unpaired) electrons. The average Bonchev–Trinajstić information content (AvgIpc) is 3.24. The Hall–Kier alpha value is -0.410. The molecule has 0 aromatic carbocycles. The van der Waals surface area contributed by atoms with Gasteiger partial charge < -0.3 is 5.32 Å². The third-order valence-electron chi connectivity index (χ3n) is 6.79. The molecular formula is C18H30N2O. The second kappa shape index (κ2) is 6.00. The lowest BCUT2D eigenvalue weighted by atomic mass is 9.83. The van der Waals surface area contributed by atoms with E-state index in [1.807, 2.05) is 0 Å². The first kappa shape index (κ1) is 14.2. The Morgan fingerprint density at radius 3 is 2.62 bits per heavy atom. The van der Waals surface area contributed by atoms with Crippen LogP contribution >= 0.6 is 0 Å². The molecule has 3 nitrogen and oxygen atoms in total. The molecule has 2 heterocycles. The summed E-state index contributed by atoms with van der Waals surface area (Å²) in [4.78, 5) is 15.5. The zero-order valence-electron chi connectivity index (χ0n) is 13.2. The summed E-state index contributed by atoms with van der Waals surface area (Å²) in [5, 5.41) is 3.45. The summed E-state index contributed by atoms with van der Waals surface area (Å²) >= 11 is 0. The van der Waals surface area contributed by atoms with Crippen molar-refractivity contribution < 1.29 is 4.79 Å². The molecule has 0 aromatic rings. The fraction of sp³-hybridized carbons (Fsp3) is 0.944. The van der Waals surface area contributed by atoms with Crippen molar-refractivity contribution in [3.05, 3.63) is 0 Å². The molecule has 118 valence electrons. The van der Waals surface area contributed by atoms with Gasteiger partial charge >= 0.3 is 0 Å². The van der Waals surface area contributed by atoms with Crippen LogP contribution in [-0.4, -0.2) is 42.4 Å². The average molecular weight is 290 g/mol. The number of Topliss-reactive ketones (excluding diaryl/α,β-unsaturated/α-hetero) is 1. The van der Waals surface area contributed by atoms with Gasteiger partial charge in [0.15, 0.2) is 0 Å². The minimum atomic E-state index is 0.271. The molecule has 4 aliphatic rings. The Bertz CT molecular complexity index is 391. The number of hydrogen-bond donors (Lipinski definition) is 1. The zero-order chi connectivity index (χ0) is 14.2. The van der Waals surface area contributed by atoms with E-state index in [2.05, 4.69) is 10.2 Å². The first-order valence-corrected chi connectivity index (χ1v) is 9.30. The van der Waals surface area contributed by atoms with Gasteiger partial charge in [-0.05, 0) is 82.3 Å². The van der Waals surface area contributed by atoms with Crippen LogP contribution in [0.1, 0.15) is 57.8 Å². The number of nitrogens with one attached hydrogen (secondary N) is 1. The Morgan fingerprint density at radius 1 is 1.05 bits per heavy atom. The quantitative estimate of drug-likeness (QED) is 0.864. The zero-order valence-corrected chi connectivity index (χ0v) is 13.2. The molecule has 2 saturated carbocycles. The number of likely N-dealkylation sites (tertiary alicyclic amines) is 1. The largest absolute Gasteiger partial charge is 0.317 e. The molecule has 4 rings (SSSR count). The number of ketones is 1. The maximum Gasteiger partial charge on any atom is 0.150 e. The molecule has 2 aliphatic heterocycles. The highest BCUT2D eigenvalue weighted by molar-refractivity contribution is 5.84. The fourth-order valence-electron chi connectivity index (χ4n) is 5.73. The predicted octanol–water partition coefficient (Wildman–Crippen LogP) is 2.60. The van der Waals surface area contributed by atoms with Crippen molar-refractivity contribution in [1.82, 2.24) is 10.2 Å². The summed E-state index contributed by atoms with van der Waals surface area (Å²) < 4.78 is 0. The molecule has 0 amide bonds. The molecule has 21 heavy (non-hydrogen) atoms. The molecule has 0 spiro atoms. The molecule has 2 bridgehead atoms. The monoisotopic (exact) mass is 290 g/mol. The van der Waals surface area contributed by atoms with Crippen LogP contribution in [0.2, 0.25) is 0 Å². The van der Waals surface area contributed by atoms with E-state index in [-0.39, 0.29) is 6.04 Å². The van der Waals surface area contributed by atoms with Crippen LogP contribution in [0.4, 0.5) is 0 Å². The van der Waals surface area contributed by atoms with Crippen LogP contribution < -0.4 is 5.32 Å². The van der Waals surface area contributed by atoms with Gasteiger partial charge in [0.2, 0.25) is 0 Å².